The number of urea groups is 1. The average Bonchev–Trinajstić information content (AvgIpc) is 3.23. The van der Waals surface area contributed by atoms with Crippen molar-refractivity contribution in [3.63, 3.8) is 0 Å². The number of amides is 2. The molecule has 1 aromatic heterocycles. The number of rotatable bonds is 6. The van der Waals surface area contributed by atoms with Gasteiger partial charge in [0.15, 0.2) is 5.13 Å². The average molecular weight is 461 g/mol. The van der Waals surface area contributed by atoms with Gasteiger partial charge in [0.05, 0.1) is 55.8 Å². The first kappa shape index (κ1) is 23.2. The smallest absolute Gasteiger partial charge is 0.338 e. The van der Waals surface area contributed by atoms with Crippen molar-refractivity contribution in [3.05, 3.63) is 65.0 Å². The Labute approximate surface area is 187 Å². The normalized spacial score (nSPS) is 11.3. The van der Waals surface area contributed by atoms with Gasteiger partial charge in [0.2, 0.25) is 0 Å². The van der Waals surface area contributed by atoms with Crippen molar-refractivity contribution in [3.8, 4) is 17.3 Å². The molecule has 1 heterocycles. The number of nitriles is 1. The lowest BCUT2D eigenvalue weighted by molar-refractivity contribution is -0.856. The van der Waals surface area contributed by atoms with E-state index in [1.54, 1.807) is 29.6 Å². The Bertz CT molecular complexity index is 1140. The predicted octanol–water partition coefficient (Wildman–Crippen LogP) is 3.69. The van der Waals surface area contributed by atoms with Gasteiger partial charge in [-0.1, -0.05) is 18.2 Å². The molecule has 0 saturated carbocycles. The van der Waals surface area contributed by atoms with E-state index < -0.39 is 17.8 Å². The van der Waals surface area contributed by atoms with E-state index >= 15 is 0 Å². The highest BCUT2D eigenvalue weighted by molar-refractivity contribution is 7.14. The van der Waals surface area contributed by atoms with E-state index in [0.717, 1.165) is 33.3 Å². The van der Waals surface area contributed by atoms with Gasteiger partial charge in [-0.05, 0) is 30.3 Å². The Morgan fingerprint density at radius 3 is 2.66 bits per heavy atom. The molecule has 2 amide bonds. The van der Waals surface area contributed by atoms with Crippen molar-refractivity contribution in [2.75, 3.05) is 32.1 Å². The maximum Gasteiger partial charge on any atom is 0.416 e. The maximum atomic E-state index is 13.3. The minimum atomic E-state index is -4.54. The summed E-state index contributed by atoms with van der Waals surface area (Å²) in [5.74, 6) is 0. The molecular weight excluding hydrogens is 439 g/mol. The van der Waals surface area contributed by atoms with Crippen molar-refractivity contribution in [1.29, 1.82) is 5.26 Å². The van der Waals surface area contributed by atoms with Gasteiger partial charge in [0.25, 0.3) is 0 Å². The predicted molar refractivity (Wildman–Crippen MR) is 117 cm³/mol. The summed E-state index contributed by atoms with van der Waals surface area (Å²) < 4.78 is 39.8. The number of carbonyl (C=O) groups is 1. The lowest BCUT2D eigenvalue weighted by Crippen LogP contribution is -3.06. The topological polar surface area (TPSA) is 73.5 Å². The summed E-state index contributed by atoms with van der Waals surface area (Å²) in [6, 6.07) is 12.9. The fourth-order valence-corrected chi connectivity index (χ4v) is 3.73. The number of benzene rings is 2. The van der Waals surface area contributed by atoms with Gasteiger partial charge in [-0.25, -0.2) is 14.7 Å². The molecule has 2 aromatic carbocycles. The monoisotopic (exact) mass is 460 g/mol. The summed E-state index contributed by atoms with van der Waals surface area (Å²) in [4.78, 5) is 19.7. The summed E-state index contributed by atoms with van der Waals surface area (Å²) in [6.45, 7) is 0.991. The lowest BCUT2D eigenvalue weighted by Gasteiger charge is -2.22. The molecule has 0 spiro atoms. The van der Waals surface area contributed by atoms with Crippen LogP contribution in [0.15, 0.2) is 53.9 Å². The number of hydrogen-bond acceptors (Lipinski definition) is 4. The standard InChI is InChI=1S/C22H20F3N5OS/c1-29(2)10-9-27-20(31)30(18-8-4-7-17(12-18)22(23,24)25)21-28-19(14-32-21)16-6-3-5-15(11-16)13-26/h3-8,11-12,14H,9-10H2,1-2H3,(H,27,31)/p+1. The number of nitrogens with one attached hydrogen (secondary N) is 2. The van der Waals surface area contributed by atoms with Gasteiger partial charge in [0, 0.05) is 10.9 Å². The number of aromatic nitrogens is 1. The molecule has 0 atom stereocenters. The SMILES string of the molecule is C[NH+](C)CCNC(=O)N(c1cccc(C(F)(F)F)c1)c1nc(-c2cccc(C#N)c2)cs1. The summed E-state index contributed by atoms with van der Waals surface area (Å²) in [5, 5.41) is 13.8. The molecule has 2 N–H and O–H groups in total. The minimum Gasteiger partial charge on any atom is -0.338 e. The number of halogens is 3. The Kier molecular flexibility index (Phi) is 7.12. The Hall–Kier alpha value is -3.42. The Morgan fingerprint density at radius 1 is 1.22 bits per heavy atom. The number of nitrogens with zero attached hydrogens (tertiary/aromatic N) is 3. The van der Waals surface area contributed by atoms with Gasteiger partial charge in [-0.15, -0.1) is 11.3 Å². The number of hydrogen-bond donors (Lipinski definition) is 2. The number of thiazole rings is 1. The summed E-state index contributed by atoms with van der Waals surface area (Å²) >= 11 is 1.13. The molecule has 0 fully saturated rings. The van der Waals surface area contributed by atoms with E-state index in [0.29, 0.717) is 29.9 Å². The molecule has 0 aliphatic rings. The quantitative estimate of drug-likeness (QED) is 0.589. The van der Waals surface area contributed by atoms with Crippen LogP contribution in [0.1, 0.15) is 11.1 Å². The second-order valence-electron chi connectivity index (χ2n) is 7.28. The van der Waals surface area contributed by atoms with Crippen molar-refractivity contribution in [2.45, 2.75) is 6.18 Å². The summed E-state index contributed by atoms with van der Waals surface area (Å²) in [5.41, 5.74) is 0.845. The Morgan fingerprint density at radius 2 is 1.97 bits per heavy atom. The van der Waals surface area contributed by atoms with Crippen LogP contribution in [0.2, 0.25) is 0 Å². The summed E-state index contributed by atoms with van der Waals surface area (Å²) in [7, 11) is 3.86. The second-order valence-corrected chi connectivity index (χ2v) is 8.12. The van der Waals surface area contributed by atoms with Gasteiger partial charge in [-0.3, -0.25) is 0 Å². The van der Waals surface area contributed by atoms with Crippen LogP contribution in [0.3, 0.4) is 0 Å². The van der Waals surface area contributed by atoms with E-state index in [2.05, 4.69) is 16.4 Å². The summed E-state index contributed by atoms with van der Waals surface area (Å²) in [6.07, 6.45) is -4.54. The number of carbonyl (C=O) groups excluding carboxylic acids is 1. The maximum absolute atomic E-state index is 13.3. The lowest BCUT2D eigenvalue weighted by atomic mass is 10.1. The molecule has 0 saturated heterocycles. The molecule has 0 aliphatic heterocycles. The van der Waals surface area contributed by atoms with Crippen LogP contribution in [-0.4, -0.2) is 38.2 Å². The number of alkyl halides is 3. The van der Waals surface area contributed by atoms with Crippen LogP contribution in [-0.2, 0) is 6.18 Å². The van der Waals surface area contributed by atoms with E-state index in [4.69, 9.17) is 5.26 Å². The number of likely N-dealkylation sites (N-methyl/N-ethyl adjacent to an activating group) is 1. The molecule has 6 nitrogen and oxygen atoms in total. The minimum absolute atomic E-state index is 0.0567. The van der Waals surface area contributed by atoms with Crippen LogP contribution in [0, 0.1) is 11.3 Å². The molecule has 3 aromatic rings. The fraction of sp³-hybridized carbons (Fsp3) is 0.227. The van der Waals surface area contributed by atoms with Crippen LogP contribution in [0.4, 0.5) is 28.8 Å². The highest BCUT2D eigenvalue weighted by Gasteiger charge is 2.32. The van der Waals surface area contributed by atoms with Crippen LogP contribution < -0.4 is 15.1 Å². The zero-order valence-electron chi connectivity index (χ0n) is 17.4. The number of quaternary nitrogens is 1. The first-order valence-electron chi connectivity index (χ1n) is 9.69. The number of anilines is 2. The molecule has 32 heavy (non-hydrogen) atoms. The van der Waals surface area contributed by atoms with Crippen LogP contribution >= 0.6 is 11.3 Å². The highest BCUT2D eigenvalue weighted by atomic mass is 32.1. The van der Waals surface area contributed by atoms with E-state index in [9.17, 15) is 18.0 Å². The van der Waals surface area contributed by atoms with E-state index in [1.165, 1.54) is 12.1 Å². The third kappa shape index (κ3) is 5.63. The van der Waals surface area contributed by atoms with Gasteiger partial charge in [0.1, 0.15) is 0 Å². The van der Waals surface area contributed by atoms with Gasteiger partial charge in [-0.2, -0.15) is 18.4 Å². The van der Waals surface area contributed by atoms with Gasteiger partial charge >= 0.3 is 12.2 Å². The van der Waals surface area contributed by atoms with E-state index in [1.807, 2.05) is 14.1 Å². The zero-order chi connectivity index (χ0) is 23.3. The van der Waals surface area contributed by atoms with Gasteiger partial charge < -0.3 is 10.2 Å². The highest BCUT2D eigenvalue weighted by Crippen LogP contribution is 2.36. The second kappa shape index (κ2) is 9.80. The zero-order valence-corrected chi connectivity index (χ0v) is 18.2. The van der Waals surface area contributed by atoms with E-state index in [-0.39, 0.29) is 10.8 Å². The van der Waals surface area contributed by atoms with Crippen LogP contribution in [0.5, 0.6) is 0 Å². The van der Waals surface area contributed by atoms with Crippen molar-refractivity contribution in [2.24, 2.45) is 0 Å². The largest absolute Gasteiger partial charge is 0.416 e. The molecule has 166 valence electrons. The molecule has 10 heteroatoms. The molecule has 0 radical (unpaired) electrons. The molecular formula is C22H21F3N5OS+. The molecule has 0 aliphatic carbocycles. The van der Waals surface area contributed by atoms with Crippen molar-refractivity contribution >= 4 is 28.2 Å². The molecule has 3 rings (SSSR count). The van der Waals surface area contributed by atoms with Crippen molar-refractivity contribution < 1.29 is 22.9 Å². The first-order chi connectivity index (χ1) is 15.2. The van der Waals surface area contributed by atoms with Crippen molar-refractivity contribution in [1.82, 2.24) is 10.3 Å². The third-order valence-corrected chi connectivity index (χ3v) is 5.33. The third-order valence-electron chi connectivity index (χ3n) is 4.51. The fourth-order valence-electron chi connectivity index (χ4n) is 2.88. The van der Waals surface area contributed by atoms with Crippen LogP contribution in [0.25, 0.3) is 11.3 Å². The first-order valence-corrected chi connectivity index (χ1v) is 10.6. The molecule has 0 unspecified atom stereocenters. The Balaban J connectivity index is 1.99. The molecule has 0 bridgehead atoms.